The van der Waals surface area contributed by atoms with Crippen LogP contribution in [0.15, 0.2) is 12.1 Å². The van der Waals surface area contributed by atoms with Gasteiger partial charge in [0.15, 0.2) is 0 Å². The van der Waals surface area contributed by atoms with Crippen LogP contribution in [0.5, 0.6) is 5.75 Å². The van der Waals surface area contributed by atoms with Crippen molar-refractivity contribution in [1.82, 2.24) is 0 Å². The maximum absolute atomic E-state index is 11.1. The van der Waals surface area contributed by atoms with Gasteiger partial charge in [0.2, 0.25) is 0 Å². The molecule has 1 N–H and O–H groups in total. The molecule has 1 aromatic carbocycles. The van der Waals surface area contributed by atoms with E-state index in [9.17, 15) is 5.11 Å². The molecule has 0 radical (unpaired) electrons. The van der Waals surface area contributed by atoms with Crippen molar-refractivity contribution in [3.05, 3.63) is 28.8 Å². The largest absolute Gasteiger partial charge is 0.507 e. The minimum absolute atomic E-state index is 0.616. The number of aromatic hydroxyl groups is 1. The molecule has 1 heteroatoms. The molecular formula is C63H120O. The van der Waals surface area contributed by atoms with E-state index in [-0.39, 0.29) is 0 Å². The van der Waals surface area contributed by atoms with Gasteiger partial charge in [-0.1, -0.05) is 353 Å². The van der Waals surface area contributed by atoms with Crippen molar-refractivity contribution in [2.45, 2.75) is 367 Å². The zero-order chi connectivity index (χ0) is 45.9. The molecule has 0 atom stereocenters. The number of phenolic OH excluding ortho intramolecular Hbond substituents is 1. The second-order valence-electron chi connectivity index (χ2n) is 21.6. The summed E-state index contributed by atoms with van der Waals surface area (Å²) in [7, 11) is 0. The number of phenols is 1. The lowest BCUT2D eigenvalue weighted by Crippen LogP contribution is -1.95. The summed E-state index contributed by atoms with van der Waals surface area (Å²) >= 11 is 0. The molecule has 0 bridgehead atoms. The normalized spacial score (nSPS) is 11.7. The second-order valence-corrected chi connectivity index (χ2v) is 21.6. The summed E-state index contributed by atoms with van der Waals surface area (Å²) in [5.41, 5.74) is 3.73. The van der Waals surface area contributed by atoms with Gasteiger partial charge in [0.25, 0.3) is 0 Å². The zero-order valence-electron chi connectivity index (χ0n) is 44.8. The van der Waals surface area contributed by atoms with Crippen LogP contribution < -0.4 is 0 Å². The average Bonchev–Trinajstić information content (AvgIpc) is 3.30. The van der Waals surface area contributed by atoms with E-state index in [1.54, 1.807) is 0 Å². The van der Waals surface area contributed by atoms with Crippen LogP contribution in [0.4, 0.5) is 0 Å². The van der Waals surface area contributed by atoms with Crippen LogP contribution in [0.3, 0.4) is 0 Å². The van der Waals surface area contributed by atoms with Gasteiger partial charge in [-0.25, -0.2) is 0 Å². The van der Waals surface area contributed by atoms with Crippen LogP contribution in [0.1, 0.15) is 364 Å². The van der Waals surface area contributed by atoms with E-state index < -0.39 is 0 Å². The van der Waals surface area contributed by atoms with Crippen LogP contribution in [-0.2, 0) is 12.8 Å². The molecule has 0 saturated heterocycles. The molecule has 64 heavy (non-hydrogen) atoms. The third-order valence-electron chi connectivity index (χ3n) is 15.0. The summed E-state index contributed by atoms with van der Waals surface area (Å²) in [5, 5.41) is 11.1. The van der Waals surface area contributed by atoms with Crippen molar-refractivity contribution in [3.8, 4) is 5.75 Å². The van der Waals surface area contributed by atoms with Gasteiger partial charge in [-0.05, 0) is 43.7 Å². The number of unbranched alkanes of at least 4 members (excludes halogenated alkanes) is 50. The van der Waals surface area contributed by atoms with Crippen LogP contribution in [0, 0.1) is 6.92 Å². The van der Waals surface area contributed by atoms with Crippen molar-refractivity contribution in [2.75, 3.05) is 0 Å². The van der Waals surface area contributed by atoms with Crippen LogP contribution in [0.2, 0.25) is 0 Å². The number of aryl methyl sites for hydroxylation is 3. The fourth-order valence-electron chi connectivity index (χ4n) is 10.6. The highest BCUT2D eigenvalue weighted by molar-refractivity contribution is 5.43. The summed E-state index contributed by atoms with van der Waals surface area (Å²) in [5.74, 6) is 0.616. The monoisotopic (exact) mass is 893 g/mol. The van der Waals surface area contributed by atoms with Crippen molar-refractivity contribution >= 4 is 0 Å². The molecule has 1 nitrogen and oxygen atoms in total. The topological polar surface area (TPSA) is 20.2 Å². The van der Waals surface area contributed by atoms with Gasteiger partial charge in [0.05, 0.1) is 0 Å². The molecule has 0 amide bonds. The Morgan fingerprint density at radius 2 is 0.375 bits per heavy atom. The van der Waals surface area contributed by atoms with Crippen molar-refractivity contribution < 1.29 is 5.11 Å². The van der Waals surface area contributed by atoms with E-state index in [2.05, 4.69) is 32.9 Å². The lowest BCUT2D eigenvalue weighted by molar-refractivity contribution is 0.456. The first-order valence-electron chi connectivity index (χ1n) is 30.5. The molecule has 0 aliphatic carbocycles. The Bertz CT molecular complexity index is 949. The Morgan fingerprint density at radius 1 is 0.234 bits per heavy atom. The molecule has 0 spiro atoms. The highest BCUT2D eigenvalue weighted by atomic mass is 16.3. The molecule has 0 aliphatic rings. The van der Waals surface area contributed by atoms with Crippen LogP contribution >= 0.6 is 0 Å². The lowest BCUT2D eigenvalue weighted by atomic mass is 9.96. The molecule has 378 valence electrons. The second kappa shape index (κ2) is 51.4. The highest BCUT2D eigenvalue weighted by Crippen LogP contribution is 2.28. The molecule has 1 aromatic rings. The predicted molar refractivity (Wildman–Crippen MR) is 292 cm³/mol. The first-order valence-corrected chi connectivity index (χ1v) is 30.5. The molecular weight excluding hydrogens is 773 g/mol. The van der Waals surface area contributed by atoms with Crippen molar-refractivity contribution in [1.29, 1.82) is 0 Å². The van der Waals surface area contributed by atoms with Crippen molar-refractivity contribution in [2.24, 2.45) is 0 Å². The van der Waals surface area contributed by atoms with Gasteiger partial charge in [-0.15, -0.1) is 0 Å². The van der Waals surface area contributed by atoms with Crippen LogP contribution in [-0.4, -0.2) is 5.11 Å². The third kappa shape index (κ3) is 43.6. The first kappa shape index (κ1) is 61.0. The summed E-state index contributed by atoms with van der Waals surface area (Å²) < 4.78 is 0. The number of hydrogen-bond acceptors (Lipinski definition) is 1. The van der Waals surface area contributed by atoms with Gasteiger partial charge < -0.3 is 5.11 Å². The van der Waals surface area contributed by atoms with Gasteiger partial charge in [-0.2, -0.15) is 0 Å². The quantitative estimate of drug-likeness (QED) is 0.0646. The number of hydrogen-bond donors (Lipinski definition) is 1. The molecule has 0 aromatic heterocycles. The summed E-state index contributed by atoms with van der Waals surface area (Å²) in [6.07, 6.45) is 76.9. The lowest BCUT2D eigenvalue weighted by Gasteiger charge is -2.12. The molecule has 0 aliphatic heterocycles. The minimum Gasteiger partial charge on any atom is -0.507 e. The summed E-state index contributed by atoms with van der Waals surface area (Å²) in [6, 6.07) is 4.50. The smallest absolute Gasteiger partial charge is 0.121 e. The maximum atomic E-state index is 11.1. The molecule has 0 saturated carbocycles. The standard InChI is InChI=1S/C63H120O/c1-4-6-8-10-12-14-16-18-20-22-24-26-28-30-32-34-36-38-40-42-44-46-48-50-52-54-56-61-58-60(3)59-62(63(61)64)57-55-53-51-49-47-45-43-41-39-37-35-33-31-29-27-25-23-21-19-17-15-13-11-9-7-5-2/h58-59,64H,4-57H2,1-3H3. The molecule has 0 heterocycles. The zero-order valence-corrected chi connectivity index (χ0v) is 44.8. The van der Waals surface area contributed by atoms with Gasteiger partial charge in [0.1, 0.15) is 5.75 Å². The van der Waals surface area contributed by atoms with Crippen LogP contribution in [0.25, 0.3) is 0 Å². The SMILES string of the molecule is CCCCCCCCCCCCCCCCCCCCCCCCCCCCc1cc(C)cc(CCCCCCCCCCCCCCCCCCCCCCCCCCCC)c1O. The van der Waals surface area contributed by atoms with E-state index in [0.29, 0.717) is 5.75 Å². The van der Waals surface area contributed by atoms with E-state index in [4.69, 9.17) is 0 Å². The Morgan fingerprint density at radius 3 is 0.531 bits per heavy atom. The Balaban J connectivity index is 1.84. The van der Waals surface area contributed by atoms with E-state index in [1.807, 2.05) is 0 Å². The maximum Gasteiger partial charge on any atom is 0.121 e. The van der Waals surface area contributed by atoms with Gasteiger partial charge >= 0.3 is 0 Å². The fraction of sp³-hybridized carbons (Fsp3) is 0.905. The molecule has 0 fully saturated rings. The average molecular weight is 894 g/mol. The minimum atomic E-state index is 0.616. The number of benzene rings is 1. The number of rotatable bonds is 54. The molecule has 1 rings (SSSR count). The van der Waals surface area contributed by atoms with E-state index in [0.717, 1.165) is 12.8 Å². The fourth-order valence-corrected chi connectivity index (χ4v) is 10.6. The van der Waals surface area contributed by atoms with Crippen molar-refractivity contribution in [3.63, 3.8) is 0 Å². The third-order valence-corrected chi connectivity index (χ3v) is 15.0. The van der Waals surface area contributed by atoms with E-state index >= 15 is 0 Å². The summed E-state index contributed by atoms with van der Waals surface area (Å²) in [4.78, 5) is 0. The summed E-state index contributed by atoms with van der Waals surface area (Å²) in [6.45, 7) is 6.84. The Kier molecular flexibility index (Phi) is 49.0. The highest BCUT2D eigenvalue weighted by Gasteiger charge is 2.09. The van der Waals surface area contributed by atoms with Gasteiger partial charge in [0, 0.05) is 0 Å². The van der Waals surface area contributed by atoms with Gasteiger partial charge in [-0.3, -0.25) is 0 Å². The Labute approximate surface area is 405 Å². The first-order chi connectivity index (χ1) is 31.7. The Hall–Kier alpha value is -0.980. The van der Waals surface area contributed by atoms with E-state index in [1.165, 1.54) is 351 Å². The molecule has 0 unspecified atom stereocenters. The predicted octanol–water partition coefficient (Wildman–Crippen LogP) is 23.1.